The van der Waals surface area contributed by atoms with Crippen LogP contribution in [0.5, 0.6) is 5.75 Å². The lowest BCUT2D eigenvalue weighted by Crippen LogP contribution is -2.36. The van der Waals surface area contributed by atoms with E-state index in [9.17, 15) is 5.11 Å². The Hall–Kier alpha value is -1.44. The van der Waals surface area contributed by atoms with Crippen molar-refractivity contribution < 1.29 is 9.84 Å². The SMILES string of the molecule is N=C(c1ccnc(N2CCOCC2)c1)c1cc(O)ccc1NPI. The van der Waals surface area contributed by atoms with Gasteiger partial charge in [0.1, 0.15) is 11.6 Å². The highest BCUT2D eigenvalue weighted by atomic mass is 127. The molecule has 1 aliphatic rings. The summed E-state index contributed by atoms with van der Waals surface area (Å²) in [5, 5.41) is 21.6. The van der Waals surface area contributed by atoms with Crippen molar-refractivity contribution in [2.45, 2.75) is 0 Å². The number of aromatic hydroxyl groups is 1. The van der Waals surface area contributed by atoms with Crippen molar-refractivity contribution in [1.29, 1.82) is 5.41 Å². The second-order valence-electron chi connectivity index (χ2n) is 5.33. The molecule has 1 aliphatic heterocycles. The maximum atomic E-state index is 9.80. The lowest BCUT2D eigenvalue weighted by atomic mass is 10.0. The zero-order valence-corrected chi connectivity index (χ0v) is 16.1. The highest BCUT2D eigenvalue weighted by molar-refractivity contribution is 14.2. The fourth-order valence-corrected chi connectivity index (χ4v) is 3.79. The van der Waals surface area contributed by atoms with E-state index >= 15 is 0 Å². The lowest BCUT2D eigenvalue weighted by molar-refractivity contribution is 0.122. The molecule has 2 heterocycles. The van der Waals surface area contributed by atoms with Gasteiger partial charge in [-0.05, 0) is 52.4 Å². The van der Waals surface area contributed by atoms with Gasteiger partial charge in [-0.1, -0.05) is 0 Å². The molecule has 3 N–H and O–H groups in total. The average Bonchev–Trinajstić information content (AvgIpc) is 2.63. The number of phenolic OH excluding ortho intramolecular Hbond substituents is 1. The molecule has 3 rings (SSSR count). The summed E-state index contributed by atoms with van der Waals surface area (Å²) in [4.78, 5) is 6.59. The number of hydrogen-bond acceptors (Lipinski definition) is 6. The average molecular weight is 456 g/mol. The van der Waals surface area contributed by atoms with Crippen LogP contribution in [0.3, 0.4) is 0 Å². The first kappa shape index (κ1) is 17.4. The zero-order chi connectivity index (χ0) is 16.9. The summed E-state index contributed by atoms with van der Waals surface area (Å²) < 4.78 is 5.38. The van der Waals surface area contributed by atoms with Gasteiger partial charge in [-0.15, -0.1) is 0 Å². The summed E-state index contributed by atoms with van der Waals surface area (Å²) in [5.41, 5.74) is 2.66. The summed E-state index contributed by atoms with van der Waals surface area (Å²) in [6.07, 6.45) is 2.21. The number of phenols is 1. The lowest BCUT2D eigenvalue weighted by Gasteiger charge is -2.28. The number of pyridine rings is 1. The van der Waals surface area contributed by atoms with Gasteiger partial charge in [0.15, 0.2) is 0 Å². The Balaban J connectivity index is 1.91. The number of nitrogens with zero attached hydrogens (tertiary/aromatic N) is 2. The number of benzene rings is 1. The van der Waals surface area contributed by atoms with E-state index < -0.39 is 0 Å². The minimum Gasteiger partial charge on any atom is -0.508 e. The minimum atomic E-state index is 0.152. The van der Waals surface area contributed by atoms with E-state index in [1.54, 1.807) is 24.4 Å². The van der Waals surface area contributed by atoms with E-state index in [-0.39, 0.29) is 5.75 Å². The molecule has 2 aromatic rings. The Morgan fingerprint density at radius 1 is 1.29 bits per heavy atom. The number of ether oxygens (including phenoxy) is 1. The molecule has 1 unspecified atom stereocenters. The third-order valence-electron chi connectivity index (χ3n) is 3.82. The standard InChI is InChI=1S/C16H18IN4O2P/c17-24-20-14-2-1-12(22)10-13(14)16(18)11-3-4-19-15(9-11)21-5-7-23-8-6-21/h1-4,9-10,18,20,22,24H,5-8H2. The fourth-order valence-electron chi connectivity index (χ4n) is 2.59. The predicted octanol–water partition coefficient (Wildman–Crippen LogP) is 3.40. The van der Waals surface area contributed by atoms with Crippen LogP contribution in [0, 0.1) is 5.41 Å². The molecule has 1 saturated heterocycles. The van der Waals surface area contributed by atoms with Crippen LogP contribution in [0.4, 0.5) is 11.5 Å². The molecule has 1 fully saturated rings. The van der Waals surface area contributed by atoms with Gasteiger partial charge in [-0.25, -0.2) is 4.98 Å². The van der Waals surface area contributed by atoms with E-state index in [1.165, 1.54) is 0 Å². The maximum Gasteiger partial charge on any atom is 0.129 e. The number of morpholine rings is 1. The number of halogens is 1. The van der Waals surface area contributed by atoms with Crippen LogP contribution in [0.25, 0.3) is 0 Å². The van der Waals surface area contributed by atoms with Gasteiger partial charge in [-0.2, -0.15) is 0 Å². The van der Waals surface area contributed by atoms with Gasteiger partial charge >= 0.3 is 0 Å². The van der Waals surface area contributed by atoms with Crippen molar-refractivity contribution in [2.24, 2.45) is 0 Å². The predicted molar refractivity (Wildman–Crippen MR) is 107 cm³/mol. The number of nitrogens with one attached hydrogen (secondary N) is 2. The summed E-state index contributed by atoms with van der Waals surface area (Å²) in [6, 6.07) is 8.80. The topological polar surface area (TPSA) is 81.5 Å². The minimum absolute atomic E-state index is 0.152. The van der Waals surface area contributed by atoms with Gasteiger partial charge in [0, 0.05) is 42.5 Å². The van der Waals surface area contributed by atoms with Crippen LogP contribution in [0.15, 0.2) is 36.5 Å². The van der Waals surface area contributed by atoms with Gasteiger partial charge in [0.05, 0.1) is 18.9 Å². The van der Waals surface area contributed by atoms with Gasteiger partial charge in [0.2, 0.25) is 0 Å². The highest BCUT2D eigenvalue weighted by Gasteiger charge is 2.16. The van der Waals surface area contributed by atoms with Crippen molar-refractivity contribution in [3.8, 4) is 5.75 Å². The first-order valence-electron chi connectivity index (χ1n) is 7.52. The maximum absolute atomic E-state index is 9.80. The van der Waals surface area contributed by atoms with Gasteiger partial charge < -0.3 is 19.8 Å². The largest absolute Gasteiger partial charge is 0.508 e. The summed E-state index contributed by atoms with van der Waals surface area (Å²) in [6.45, 7) is 3.00. The number of anilines is 2. The summed E-state index contributed by atoms with van der Waals surface area (Å²) in [7, 11) is 0. The Kier molecular flexibility index (Phi) is 5.86. The molecular formula is C16H18IN4O2P. The van der Waals surface area contributed by atoms with Crippen molar-refractivity contribution >= 4 is 45.6 Å². The monoisotopic (exact) mass is 456 g/mol. The van der Waals surface area contributed by atoms with Crippen molar-refractivity contribution in [3.05, 3.63) is 47.7 Å². The quantitative estimate of drug-likeness (QED) is 0.278. The smallest absolute Gasteiger partial charge is 0.129 e. The first-order chi connectivity index (χ1) is 11.7. The van der Waals surface area contributed by atoms with Crippen LogP contribution in [-0.2, 0) is 4.74 Å². The van der Waals surface area contributed by atoms with E-state index in [0.717, 1.165) is 30.2 Å². The van der Waals surface area contributed by atoms with E-state index in [2.05, 4.69) is 37.0 Å². The summed E-state index contributed by atoms with van der Waals surface area (Å²) >= 11 is 2.24. The molecule has 0 bridgehead atoms. The van der Waals surface area contributed by atoms with Crippen LogP contribution in [-0.4, -0.2) is 42.1 Å². The van der Waals surface area contributed by atoms with Crippen molar-refractivity contribution in [2.75, 3.05) is 36.3 Å². The summed E-state index contributed by atoms with van der Waals surface area (Å²) in [5.74, 6) is 1.01. The van der Waals surface area contributed by atoms with Crippen LogP contribution < -0.4 is 9.99 Å². The van der Waals surface area contributed by atoms with Crippen LogP contribution >= 0.6 is 28.4 Å². The molecule has 0 spiro atoms. The molecule has 126 valence electrons. The molecule has 0 aliphatic carbocycles. The fraction of sp³-hybridized carbons (Fsp3) is 0.250. The Bertz CT molecular complexity index is 738. The molecule has 8 heteroatoms. The molecule has 0 saturated carbocycles. The normalized spacial score (nSPS) is 15.0. The Labute approximate surface area is 155 Å². The van der Waals surface area contributed by atoms with Gasteiger partial charge in [-0.3, -0.25) is 5.41 Å². The molecule has 1 atom stereocenters. The molecule has 0 amide bonds. The van der Waals surface area contributed by atoms with Crippen LogP contribution in [0.1, 0.15) is 11.1 Å². The molecule has 24 heavy (non-hydrogen) atoms. The molecule has 1 aromatic carbocycles. The Morgan fingerprint density at radius 2 is 2.08 bits per heavy atom. The van der Waals surface area contributed by atoms with Crippen molar-refractivity contribution in [3.63, 3.8) is 0 Å². The molecule has 0 radical (unpaired) electrons. The Morgan fingerprint density at radius 3 is 2.83 bits per heavy atom. The van der Waals surface area contributed by atoms with Gasteiger partial charge in [0.25, 0.3) is 0 Å². The third-order valence-corrected chi connectivity index (χ3v) is 5.00. The van der Waals surface area contributed by atoms with E-state index in [1.807, 2.05) is 12.1 Å². The second kappa shape index (κ2) is 8.09. The van der Waals surface area contributed by atoms with Crippen LogP contribution in [0.2, 0.25) is 0 Å². The van der Waals surface area contributed by atoms with E-state index in [0.29, 0.717) is 30.9 Å². The highest BCUT2D eigenvalue weighted by Crippen LogP contribution is 2.30. The molecular weight excluding hydrogens is 438 g/mol. The van der Waals surface area contributed by atoms with Crippen molar-refractivity contribution in [1.82, 2.24) is 4.98 Å². The number of hydrogen-bond donors (Lipinski definition) is 3. The molecule has 1 aromatic heterocycles. The number of rotatable bonds is 5. The first-order valence-corrected chi connectivity index (χ1v) is 11.6. The molecule has 6 nitrogen and oxygen atoms in total. The zero-order valence-electron chi connectivity index (χ0n) is 12.9. The van der Waals surface area contributed by atoms with E-state index in [4.69, 9.17) is 10.1 Å². The third kappa shape index (κ3) is 3.96. The number of aromatic nitrogens is 1. The second-order valence-corrected chi connectivity index (χ2v) is 7.38.